The van der Waals surface area contributed by atoms with E-state index in [1.807, 2.05) is 0 Å². The minimum Gasteiger partial charge on any atom is -0.480 e. The Morgan fingerprint density at radius 2 is 1.64 bits per heavy atom. The van der Waals surface area contributed by atoms with Crippen molar-refractivity contribution in [3.05, 3.63) is 54.1 Å². The van der Waals surface area contributed by atoms with E-state index in [4.69, 9.17) is 10.8 Å². The number of imidazole rings is 1. The van der Waals surface area contributed by atoms with E-state index in [-0.39, 0.29) is 12.8 Å². The number of carboxylic acid groups (broad SMARTS) is 1. The average Bonchev–Trinajstić information content (AvgIpc) is 3.30. The molecule has 0 saturated carbocycles. The Morgan fingerprint density at radius 1 is 1.00 bits per heavy atom. The highest BCUT2D eigenvalue weighted by Gasteiger charge is 2.29. The molecule has 1 heterocycles. The lowest BCUT2D eigenvalue weighted by molar-refractivity contribution is -0.142. The molecule has 0 aliphatic carbocycles. The number of H-pyrrole nitrogens is 1. The van der Waals surface area contributed by atoms with Crippen LogP contribution >= 0.6 is 0 Å². The largest absolute Gasteiger partial charge is 0.480 e. The molecule has 178 valence electrons. The summed E-state index contributed by atoms with van der Waals surface area (Å²) >= 11 is 0. The van der Waals surface area contributed by atoms with Gasteiger partial charge in [-0.15, -0.1) is 0 Å². The molecule has 3 amide bonds. The fourth-order valence-electron chi connectivity index (χ4n) is 2.91. The third kappa shape index (κ3) is 8.01. The van der Waals surface area contributed by atoms with Gasteiger partial charge >= 0.3 is 5.97 Å². The van der Waals surface area contributed by atoms with Crippen LogP contribution in [0.4, 0.5) is 0 Å². The van der Waals surface area contributed by atoms with Gasteiger partial charge in [-0.3, -0.25) is 19.2 Å². The summed E-state index contributed by atoms with van der Waals surface area (Å²) in [5.41, 5.74) is 7.34. The van der Waals surface area contributed by atoms with E-state index in [0.717, 1.165) is 5.56 Å². The number of nitrogens with one attached hydrogen (secondary N) is 4. The van der Waals surface area contributed by atoms with E-state index in [0.29, 0.717) is 5.69 Å². The number of aliphatic hydroxyl groups excluding tert-OH is 1. The number of aromatic amines is 1. The minimum atomic E-state index is -1.41. The molecular formula is C21H28N6O6. The summed E-state index contributed by atoms with van der Waals surface area (Å²) in [6.07, 6.45) is 3.25. The van der Waals surface area contributed by atoms with Crippen LogP contribution in [0.2, 0.25) is 0 Å². The molecule has 0 saturated heterocycles. The fraction of sp³-hybridized carbons (Fsp3) is 0.381. The van der Waals surface area contributed by atoms with Crippen LogP contribution in [0.5, 0.6) is 0 Å². The first-order valence-electron chi connectivity index (χ1n) is 10.2. The molecular weight excluding hydrogens is 432 g/mol. The van der Waals surface area contributed by atoms with Gasteiger partial charge in [-0.2, -0.15) is 0 Å². The van der Waals surface area contributed by atoms with Crippen molar-refractivity contribution in [2.75, 3.05) is 6.61 Å². The summed E-state index contributed by atoms with van der Waals surface area (Å²) in [5, 5.41) is 25.6. The maximum atomic E-state index is 12.9. The highest BCUT2D eigenvalue weighted by atomic mass is 16.4. The highest BCUT2D eigenvalue weighted by molar-refractivity contribution is 5.94. The second-order valence-electron chi connectivity index (χ2n) is 7.45. The molecule has 8 N–H and O–H groups in total. The lowest BCUT2D eigenvalue weighted by Gasteiger charge is -2.24. The Kier molecular flexibility index (Phi) is 9.51. The lowest BCUT2D eigenvalue weighted by Crippen LogP contribution is -2.58. The maximum absolute atomic E-state index is 12.9. The molecule has 0 bridgehead atoms. The number of carboxylic acids is 1. The summed E-state index contributed by atoms with van der Waals surface area (Å²) in [4.78, 5) is 55.5. The molecule has 33 heavy (non-hydrogen) atoms. The Morgan fingerprint density at radius 3 is 2.21 bits per heavy atom. The summed E-state index contributed by atoms with van der Waals surface area (Å²) < 4.78 is 0. The van der Waals surface area contributed by atoms with Crippen LogP contribution in [-0.2, 0) is 32.0 Å². The number of carbonyl (C=O) groups excluding carboxylic acids is 3. The van der Waals surface area contributed by atoms with Crippen molar-refractivity contribution >= 4 is 23.7 Å². The number of aliphatic hydroxyl groups is 1. The van der Waals surface area contributed by atoms with Gasteiger partial charge in [0.25, 0.3) is 0 Å². The highest BCUT2D eigenvalue weighted by Crippen LogP contribution is 2.05. The van der Waals surface area contributed by atoms with Gasteiger partial charge in [0, 0.05) is 24.7 Å². The molecule has 12 nitrogen and oxygen atoms in total. The molecule has 1 aromatic heterocycles. The molecule has 0 spiro atoms. The monoisotopic (exact) mass is 460 g/mol. The topological polar surface area (TPSA) is 200 Å². The number of amides is 3. The van der Waals surface area contributed by atoms with Crippen molar-refractivity contribution in [3.63, 3.8) is 0 Å². The summed E-state index contributed by atoms with van der Waals surface area (Å²) in [6.45, 7) is 0.477. The van der Waals surface area contributed by atoms with Crippen molar-refractivity contribution in [1.82, 2.24) is 25.9 Å². The van der Waals surface area contributed by atoms with Crippen LogP contribution in [-0.4, -0.2) is 74.6 Å². The summed E-state index contributed by atoms with van der Waals surface area (Å²) in [6, 6.07) is 4.17. The van der Waals surface area contributed by atoms with Crippen molar-refractivity contribution in [3.8, 4) is 0 Å². The number of benzene rings is 1. The zero-order valence-electron chi connectivity index (χ0n) is 18.0. The van der Waals surface area contributed by atoms with E-state index >= 15 is 0 Å². The van der Waals surface area contributed by atoms with Gasteiger partial charge in [-0.1, -0.05) is 30.3 Å². The summed E-state index contributed by atoms with van der Waals surface area (Å²) in [7, 11) is 0. The number of nitrogens with zero attached hydrogens (tertiary/aromatic N) is 1. The van der Waals surface area contributed by atoms with Crippen LogP contribution in [0, 0.1) is 0 Å². The SMILES string of the molecule is CC(NC(=O)C(CO)NC(=O)C(Cc1ccccc1)NC(=O)C(N)Cc1cnc[nH]1)C(=O)O. The Bertz CT molecular complexity index is 936. The molecule has 2 aromatic rings. The van der Waals surface area contributed by atoms with Gasteiger partial charge in [0.2, 0.25) is 17.7 Å². The third-order valence-electron chi connectivity index (χ3n) is 4.79. The van der Waals surface area contributed by atoms with Gasteiger partial charge in [-0.05, 0) is 12.5 Å². The molecule has 0 fully saturated rings. The van der Waals surface area contributed by atoms with E-state index in [1.165, 1.54) is 19.4 Å². The first-order chi connectivity index (χ1) is 15.7. The first kappa shape index (κ1) is 25.5. The van der Waals surface area contributed by atoms with Crippen molar-refractivity contribution in [1.29, 1.82) is 0 Å². The zero-order valence-corrected chi connectivity index (χ0v) is 18.0. The lowest BCUT2D eigenvalue weighted by atomic mass is 10.0. The normalized spacial score (nSPS) is 14.4. The fourth-order valence-corrected chi connectivity index (χ4v) is 2.91. The maximum Gasteiger partial charge on any atom is 0.325 e. The Balaban J connectivity index is 2.10. The molecule has 12 heteroatoms. The van der Waals surface area contributed by atoms with Gasteiger partial charge < -0.3 is 36.9 Å². The molecule has 4 unspecified atom stereocenters. The average molecular weight is 460 g/mol. The molecule has 0 aliphatic heterocycles. The van der Waals surface area contributed by atoms with E-state index in [2.05, 4.69) is 25.9 Å². The number of hydrogen-bond acceptors (Lipinski definition) is 7. The number of nitrogens with two attached hydrogens (primary N) is 1. The zero-order chi connectivity index (χ0) is 24.4. The first-order valence-corrected chi connectivity index (χ1v) is 10.2. The van der Waals surface area contributed by atoms with Crippen LogP contribution < -0.4 is 21.7 Å². The second-order valence-corrected chi connectivity index (χ2v) is 7.45. The van der Waals surface area contributed by atoms with Crippen molar-refractivity contribution < 1.29 is 29.4 Å². The van der Waals surface area contributed by atoms with Gasteiger partial charge in [-0.25, -0.2) is 4.98 Å². The number of carbonyl (C=O) groups is 4. The van der Waals surface area contributed by atoms with Crippen LogP contribution in [0.3, 0.4) is 0 Å². The molecule has 0 radical (unpaired) electrons. The number of rotatable bonds is 12. The second kappa shape index (κ2) is 12.3. The smallest absolute Gasteiger partial charge is 0.325 e. The quantitative estimate of drug-likeness (QED) is 0.190. The van der Waals surface area contributed by atoms with Gasteiger partial charge in [0.1, 0.15) is 18.1 Å². The standard InChI is InChI=1S/C21H28N6O6/c1-12(21(32)33)25-20(31)17(10-28)27-19(30)16(7-13-5-3-2-4-6-13)26-18(29)15(22)8-14-9-23-11-24-14/h2-6,9,11-12,15-17,28H,7-8,10,22H2,1H3,(H,23,24)(H,25,31)(H,26,29)(H,27,30)(H,32,33). The predicted molar refractivity (Wildman–Crippen MR) is 117 cm³/mol. The van der Waals surface area contributed by atoms with Gasteiger partial charge in [0.05, 0.1) is 19.0 Å². The van der Waals surface area contributed by atoms with E-state index in [1.54, 1.807) is 30.3 Å². The number of hydrogen-bond donors (Lipinski definition) is 7. The summed E-state index contributed by atoms with van der Waals surface area (Å²) in [5.74, 6) is -3.48. The van der Waals surface area contributed by atoms with Crippen molar-refractivity contribution in [2.45, 2.75) is 43.9 Å². The Hall–Kier alpha value is -3.77. The molecule has 2 rings (SSSR count). The molecule has 0 aliphatic rings. The molecule has 4 atom stereocenters. The molecule has 1 aromatic carbocycles. The van der Waals surface area contributed by atoms with Crippen LogP contribution in [0.1, 0.15) is 18.2 Å². The van der Waals surface area contributed by atoms with Crippen molar-refractivity contribution in [2.24, 2.45) is 5.73 Å². The number of aromatic nitrogens is 2. The minimum absolute atomic E-state index is 0.0977. The third-order valence-corrected chi connectivity index (χ3v) is 4.79. The van der Waals surface area contributed by atoms with Crippen LogP contribution in [0.15, 0.2) is 42.9 Å². The number of aliphatic carboxylic acids is 1. The van der Waals surface area contributed by atoms with E-state index < -0.39 is 54.5 Å². The Labute approximate surface area is 190 Å². The van der Waals surface area contributed by atoms with Gasteiger partial charge in [0.15, 0.2) is 0 Å². The predicted octanol–water partition coefficient (Wildman–Crippen LogP) is -1.93. The van der Waals surface area contributed by atoms with Crippen LogP contribution in [0.25, 0.3) is 0 Å². The van der Waals surface area contributed by atoms with E-state index in [9.17, 15) is 24.3 Å².